The van der Waals surface area contributed by atoms with Crippen LogP contribution in [0.5, 0.6) is 0 Å². The van der Waals surface area contributed by atoms with E-state index in [2.05, 4.69) is 6.92 Å². The van der Waals surface area contributed by atoms with E-state index in [1.54, 1.807) is 0 Å². The van der Waals surface area contributed by atoms with Crippen LogP contribution in [0.3, 0.4) is 0 Å². The first-order valence-electron chi connectivity index (χ1n) is 3.02. The number of unbranched alkanes of at least 4 members (excludes halogenated alkanes) is 3. The van der Waals surface area contributed by atoms with Crippen LogP contribution in [0.4, 0.5) is 0 Å². The van der Waals surface area contributed by atoms with Crippen molar-refractivity contribution in [1.82, 2.24) is 6.15 Å². The van der Waals surface area contributed by atoms with E-state index >= 15 is 0 Å². The Morgan fingerprint density at radius 2 is 1.67 bits per heavy atom. The smallest absolute Gasteiger partial charge is 0.0431 e. The molecule has 6 N–H and O–H groups in total. The Morgan fingerprint density at radius 1 is 1.11 bits per heavy atom. The van der Waals surface area contributed by atoms with Gasteiger partial charge in [0.25, 0.3) is 0 Å². The SMILES string of the molecule is CCCCCCO.N.O. The topological polar surface area (TPSA) is 86.7 Å². The van der Waals surface area contributed by atoms with Crippen molar-refractivity contribution in [3.8, 4) is 0 Å². The third-order valence-electron chi connectivity index (χ3n) is 1.01. The van der Waals surface area contributed by atoms with Gasteiger partial charge in [0.1, 0.15) is 0 Å². The van der Waals surface area contributed by atoms with Gasteiger partial charge in [0.15, 0.2) is 0 Å². The van der Waals surface area contributed by atoms with Crippen molar-refractivity contribution in [3.05, 3.63) is 0 Å². The van der Waals surface area contributed by atoms with Crippen LogP contribution >= 0.6 is 0 Å². The van der Waals surface area contributed by atoms with Gasteiger partial charge in [0.2, 0.25) is 0 Å². The normalized spacial score (nSPS) is 7.33. The molecule has 0 aliphatic rings. The summed E-state index contributed by atoms with van der Waals surface area (Å²) in [6.07, 6.45) is 4.68. The predicted molar refractivity (Wildman–Crippen MR) is 39.9 cm³/mol. The summed E-state index contributed by atoms with van der Waals surface area (Å²) in [5, 5.41) is 8.29. The van der Waals surface area contributed by atoms with Gasteiger partial charge in [-0.2, -0.15) is 0 Å². The molecular formula is C6H19NO2. The zero-order valence-electron chi connectivity index (χ0n) is 6.19. The van der Waals surface area contributed by atoms with Crippen LogP contribution < -0.4 is 6.15 Å². The molecule has 0 aromatic carbocycles. The minimum absolute atomic E-state index is 0. The fourth-order valence-corrected chi connectivity index (χ4v) is 0.539. The fourth-order valence-electron chi connectivity index (χ4n) is 0.539. The molecule has 0 radical (unpaired) electrons. The Hall–Kier alpha value is -0.120. The van der Waals surface area contributed by atoms with E-state index in [1.165, 1.54) is 19.3 Å². The average molecular weight is 137 g/mol. The fraction of sp³-hybridized carbons (Fsp3) is 1.00. The van der Waals surface area contributed by atoms with Crippen LogP contribution in [-0.4, -0.2) is 17.2 Å². The molecule has 0 heterocycles. The average Bonchev–Trinajstić information content (AvgIpc) is 1.69. The third-order valence-corrected chi connectivity index (χ3v) is 1.01. The summed E-state index contributed by atoms with van der Waals surface area (Å²) in [5.41, 5.74) is 0. The Balaban J connectivity index is -0.000000180. The highest BCUT2D eigenvalue weighted by Gasteiger charge is 1.80. The predicted octanol–water partition coefficient (Wildman–Crippen LogP) is 0.896. The van der Waals surface area contributed by atoms with E-state index in [-0.39, 0.29) is 11.6 Å². The molecule has 0 aromatic rings. The molecule has 0 fully saturated rings. The maximum Gasteiger partial charge on any atom is 0.0431 e. The Kier molecular flexibility index (Phi) is 27.8. The van der Waals surface area contributed by atoms with Crippen LogP contribution in [0.1, 0.15) is 32.6 Å². The van der Waals surface area contributed by atoms with Gasteiger partial charge >= 0.3 is 0 Å². The number of aliphatic hydroxyl groups excluding tert-OH is 1. The van der Waals surface area contributed by atoms with Gasteiger partial charge < -0.3 is 16.7 Å². The van der Waals surface area contributed by atoms with Gasteiger partial charge in [-0.05, 0) is 6.42 Å². The first-order valence-corrected chi connectivity index (χ1v) is 3.02. The van der Waals surface area contributed by atoms with Crippen molar-refractivity contribution >= 4 is 0 Å². The Morgan fingerprint density at radius 3 is 2.00 bits per heavy atom. The van der Waals surface area contributed by atoms with Crippen molar-refractivity contribution in [2.75, 3.05) is 6.61 Å². The summed E-state index contributed by atoms with van der Waals surface area (Å²) in [7, 11) is 0. The van der Waals surface area contributed by atoms with Crippen LogP contribution in [0.15, 0.2) is 0 Å². The molecule has 0 bridgehead atoms. The molecule has 0 aliphatic carbocycles. The second-order valence-electron chi connectivity index (χ2n) is 1.78. The number of hydrogen-bond donors (Lipinski definition) is 2. The van der Waals surface area contributed by atoms with Crippen molar-refractivity contribution in [3.63, 3.8) is 0 Å². The number of hydrogen-bond acceptors (Lipinski definition) is 2. The molecule has 0 aromatic heterocycles. The molecule has 0 saturated carbocycles. The highest BCUT2D eigenvalue weighted by atomic mass is 16.2. The molecule has 0 unspecified atom stereocenters. The molecule has 0 rings (SSSR count). The summed E-state index contributed by atoms with van der Waals surface area (Å²) in [6.45, 7) is 2.53. The maximum atomic E-state index is 8.29. The lowest BCUT2D eigenvalue weighted by Crippen LogP contribution is -1.80. The van der Waals surface area contributed by atoms with E-state index < -0.39 is 0 Å². The summed E-state index contributed by atoms with van der Waals surface area (Å²) in [5.74, 6) is 0. The third kappa shape index (κ3) is 18.1. The lowest BCUT2D eigenvalue weighted by atomic mass is 10.2. The summed E-state index contributed by atoms with van der Waals surface area (Å²) < 4.78 is 0. The zero-order chi connectivity index (χ0) is 5.54. The molecule has 0 spiro atoms. The number of rotatable bonds is 4. The molecule has 0 atom stereocenters. The van der Waals surface area contributed by atoms with Gasteiger partial charge in [-0.1, -0.05) is 26.2 Å². The monoisotopic (exact) mass is 137 g/mol. The van der Waals surface area contributed by atoms with Crippen LogP contribution in [0, 0.1) is 0 Å². The molecule has 0 amide bonds. The quantitative estimate of drug-likeness (QED) is 0.564. The van der Waals surface area contributed by atoms with Gasteiger partial charge in [0, 0.05) is 6.61 Å². The van der Waals surface area contributed by atoms with Crippen molar-refractivity contribution in [2.45, 2.75) is 32.6 Å². The Bertz CT molecular complexity index is 30.2. The van der Waals surface area contributed by atoms with E-state index in [0.717, 1.165) is 6.42 Å². The van der Waals surface area contributed by atoms with Gasteiger partial charge in [-0.3, -0.25) is 0 Å². The number of aliphatic hydroxyl groups is 1. The van der Waals surface area contributed by atoms with Crippen LogP contribution in [-0.2, 0) is 0 Å². The van der Waals surface area contributed by atoms with E-state index in [9.17, 15) is 0 Å². The molecule has 3 heteroatoms. The summed E-state index contributed by atoms with van der Waals surface area (Å²) in [4.78, 5) is 0. The molecule has 9 heavy (non-hydrogen) atoms. The summed E-state index contributed by atoms with van der Waals surface area (Å²) >= 11 is 0. The standard InChI is InChI=1S/C6H14O.H3N.H2O/c1-2-3-4-5-6-7;;/h7H,2-6H2,1H3;1H3;1H2. The largest absolute Gasteiger partial charge is 0.412 e. The molecule has 3 nitrogen and oxygen atoms in total. The highest BCUT2D eigenvalue weighted by Crippen LogP contribution is 1.95. The van der Waals surface area contributed by atoms with Crippen molar-refractivity contribution in [1.29, 1.82) is 0 Å². The van der Waals surface area contributed by atoms with Gasteiger partial charge in [-0.25, -0.2) is 0 Å². The van der Waals surface area contributed by atoms with E-state index in [1.807, 2.05) is 0 Å². The van der Waals surface area contributed by atoms with Crippen molar-refractivity contribution in [2.24, 2.45) is 0 Å². The van der Waals surface area contributed by atoms with E-state index in [4.69, 9.17) is 5.11 Å². The first kappa shape index (κ1) is 15.9. The molecule has 0 saturated heterocycles. The minimum Gasteiger partial charge on any atom is -0.412 e. The minimum atomic E-state index is 0. The first-order chi connectivity index (χ1) is 3.41. The van der Waals surface area contributed by atoms with Crippen LogP contribution in [0.2, 0.25) is 0 Å². The van der Waals surface area contributed by atoms with Crippen molar-refractivity contribution < 1.29 is 10.6 Å². The lowest BCUT2D eigenvalue weighted by molar-refractivity contribution is 0.283. The molecular weight excluding hydrogens is 118 g/mol. The highest BCUT2D eigenvalue weighted by molar-refractivity contribution is 4.35. The second kappa shape index (κ2) is 15.7. The van der Waals surface area contributed by atoms with Crippen LogP contribution in [0.25, 0.3) is 0 Å². The summed E-state index contributed by atoms with van der Waals surface area (Å²) in [6, 6.07) is 0. The lowest BCUT2D eigenvalue weighted by Gasteiger charge is -1.90. The van der Waals surface area contributed by atoms with Gasteiger partial charge in [0.05, 0.1) is 0 Å². The maximum absolute atomic E-state index is 8.29. The second-order valence-corrected chi connectivity index (χ2v) is 1.78. The van der Waals surface area contributed by atoms with E-state index in [0.29, 0.717) is 6.61 Å². The van der Waals surface area contributed by atoms with Gasteiger partial charge in [-0.15, -0.1) is 0 Å². The zero-order valence-corrected chi connectivity index (χ0v) is 6.19. The Labute approximate surface area is 57.0 Å². The molecule has 0 aliphatic heterocycles. The molecule has 60 valence electrons.